The third-order valence-electron chi connectivity index (χ3n) is 3.01. The number of ether oxygens (including phenoxy) is 1. The smallest absolute Gasteiger partial charge is 0.413 e. The molecule has 0 aliphatic rings. The summed E-state index contributed by atoms with van der Waals surface area (Å²) in [5.41, 5.74) is 1.56. The van der Waals surface area contributed by atoms with Gasteiger partial charge < -0.3 is 4.74 Å². The molecule has 0 saturated heterocycles. The normalized spacial score (nSPS) is 10.4. The molecule has 1 amide bonds. The number of benzene rings is 2. The van der Waals surface area contributed by atoms with Gasteiger partial charge in [0.15, 0.2) is 0 Å². The number of fused-ring (bicyclic) bond motifs is 1. The van der Waals surface area contributed by atoms with Crippen molar-refractivity contribution in [1.29, 1.82) is 0 Å². The molecule has 0 fully saturated rings. The van der Waals surface area contributed by atoms with Crippen LogP contribution < -0.4 is 5.32 Å². The van der Waals surface area contributed by atoms with E-state index >= 15 is 0 Å². The van der Waals surface area contributed by atoms with E-state index in [2.05, 4.69) is 15.3 Å². The lowest BCUT2D eigenvalue weighted by Crippen LogP contribution is -2.15. The number of hydrogen-bond donors (Lipinski definition) is 1. The van der Waals surface area contributed by atoms with E-state index in [-0.39, 0.29) is 11.9 Å². The maximum Gasteiger partial charge on any atom is 0.413 e. The van der Waals surface area contributed by atoms with Crippen LogP contribution in [0.5, 0.6) is 0 Å². The van der Waals surface area contributed by atoms with Gasteiger partial charge in [0.05, 0.1) is 5.52 Å². The number of halogens is 1. The van der Waals surface area contributed by atoms with E-state index in [4.69, 9.17) is 16.3 Å². The number of anilines is 1. The Kier molecular flexibility index (Phi) is 4.16. The molecular formula is C16H12ClN3O2. The number of rotatable bonds is 3. The zero-order valence-corrected chi connectivity index (χ0v) is 12.2. The van der Waals surface area contributed by atoms with Gasteiger partial charge in [-0.1, -0.05) is 42.5 Å². The first-order valence-electron chi connectivity index (χ1n) is 6.62. The number of amides is 1. The first kappa shape index (κ1) is 14.3. The lowest BCUT2D eigenvalue weighted by Gasteiger charge is -2.09. The third-order valence-corrected chi connectivity index (χ3v) is 3.18. The summed E-state index contributed by atoms with van der Waals surface area (Å²) in [5.74, 6) is 0.327. The van der Waals surface area contributed by atoms with Gasteiger partial charge in [-0.2, -0.15) is 4.98 Å². The van der Waals surface area contributed by atoms with Gasteiger partial charge in [0.25, 0.3) is 0 Å². The van der Waals surface area contributed by atoms with Crippen LogP contribution in [-0.2, 0) is 11.3 Å². The third kappa shape index (κ3) is 3.32. The standard InChI is InChI=1S/C16H12ClN3O2/c17-15-18-13-9-5-4-8-12(13)14(19-15)20-16(21)22-10-11-6-2-1-3-7-11/h1-9H,10H2,(H,18,19,20,21). The van der Waals surface area contributed by atoms with Crippen molar-refractivity contribution in [3.8, 4) is 0 Å². The SMILES string of the molecule is O=C(Nc1nc(Cl)nc2ccccc12)OCc1ccccc1. The van der Waals surface area contributed by atoms with Crippen molar-refractivity contribution in [3.05, 3.63) is 65.4 Å². The largest absolute Gasteiger partial charge is 0.444 e. The number of carbonyl (C=O) groups is 1. The lowest BCUT2D eigenvalue weighted by atomic mass is 10.2. The van der Waals surface area contributed by atoms with E-state index in [0.717, 1.165) is 5.56 Å². The minimum atomic E-state index is -0.594. The van der Waals surface area contributed by atoms with Crippen LogP contribution in [0.25, 0.3) is 10.9 Å². The highest BCUT2D eigenvalue weighted by Crippen LogP contribution is 2.21. The lowest BCUT2D eigenvalue weighted by molar-refractivity contribution is 0.155. The van der Waals surface area contributed by atoms with Crippen LogP contribution in [-0.4, -0.2) is 16.1 Å². The quantitative estimate of drug-likeness (QED) is 0.741. The number of aromatic nitrogens is 2. The zero-order chi connectivity index (χ0) is 15.4. The molecule has 1 N–H and O–H groups in total. The van der Waals surface area contributed by atoms with Crippen molar-refractivity contribution in [3.63, 3.8) is 0 Å². The Morgan fingerprint density at radius 1 is 1.05 bits per heavy atom. The fraction of sp³-hybridized carbons (Fsp3) is 0.0625. The van der Waals surface area contributed by atoms with Gasteiger partial charge in [-0.15, -0.1) is 0 Å². The summed E-state index contributed by atoms with van der Waals surface area (Å²) in [7, 11) is 0. The monoisotopic (exact) mass is 313 g/mol. The summed E-state index contributed by atoms with van der Waals surface area (Å²) in [4.78, 5) is 20.0. The van der Waals surface area contributed by atoms with Crippen LogP contribution in [0, 0.1) is 0 Å². The fourth-order valence-corrected chi connectivity index (χ4v) is 2.17. The number of para-hydroxylation sites is 1. The second-order valence-corrected chi connectivity index (χ2v) is 4.88. The maximum atomic E-state index is 11.9. The number of hydrogen-bond acceptors (Lipinski definition) is 4. The Balaban J connectivity index is 1.74. The topological polar surface area (TPSA) is 64.1 Å². The number of carbonyl (C=O) groups excluding carboxylic acids is 1. The molecule has 3 aromatic rings. The number of nitrogens with one attached hydrogen (secondary N) is 1. The molecule has 0 saturated carbocycles. The van der Waals surface area contributed by atoms with Crippen molar-refractivity contribution in [2.24, 2.45) is 0 Å². The van der Waals surface area contributed by atoms with Crippen molar-refractivity contribution < 1.29 is 9.53 Å². The summed E-state index contributed by atoms with van der Waals surface area (Å²) < 4.78 is 5.17. The molecule has 3 rings (SSSR count). The van der Waals surface area contributed by atoms with Gasteiger partial charge in [-0.3, -0.25) is 5.32 Å². The van der Waals surface area contributed by atoms with E-state index in [1.54, 1.807) is 12.1 Å². The second kappa shape index (κ2) is 6.41. The van der Waals surface area contributed by atoms with Crippen molar-refractivity contribution >= 4 is 34.4 Å². The summed E-state index contributed by atoms with van der Waals surface area (Å²) in [5, 5.41) is 3.36. The minimum Gasteiger partial charge on any atom is -0.444 e. The predicted octanol–water partition coefficient (Wildman–Crippen LogP) is 4.03. The van der Waals surface area contributed by atoms with E-state index in [0.29, 0.717) is 16.7 Å². The van der Waals surface area contributed by atoms with Gasteiger partial charge in [-0.05, 0) is 29.3 Å². The Morgan fingerprint density at radius 3 is 2.59 bits per heavy atom. The average Bonchev–Trinajstić information content (AvgIpc) is 2.54. The molecule has 0 spiro atoms. The van der Waals surface area contributed by atoms with Crippen LogP contribution >= 0.6 is 11.6 Å². The van der Waals surface area contributed by atoms with Crippen molar-refractivity contribution in [2.75, 3.05) is 5.32 Å². The molecule has 22 heavy (non-hydrogen) atoms. The first-order valence-corrected chi connectivity index (χ1v) is 7.00. The average molecular weight is 314 g/mol. The molecule has 0 bridgehead atoms. The van der Waals surface area contributed by atoms with E-state index in [9.17, 15) is 4.79 Å². The Bertz CT molecular complexity index is 809. The minimum absolute atomic E-state index is 0.0667. The Labute approximate surface area is 131 Å². The fourth-order valence-electron chi connectivity index (χ4n) is 2.00. The van der Waals surface area contributed by atoms with Gasteiger partial charge in [0.1, 0.15) is 12.4 Å². The maximum absolute atomic E-state index is 11.9. The molecule has 0 atom stereocenters. The van der Waals surface area contributed by atoms with Gasteiger partial charge in [-0.25, -0.2) is 9.78 Å². The molecular weight excluding hydrogens is 302 g/mol. The van der Waals surface area contributed by atoms with Crippen LogP contribution in [0.4, 0.5) is 10.6 Å². The van der Waals surface area contributed by atoms with Crippen molar-refractivity contribution in [1.82, 2.24) is 9.97 Å². The van der Waals surface area contributed by atoms with E-state index < -0.39 is 6.09 Å². The summed E-state index contributed by atoms with van der Waals surface area (Å²) >= 11 is 5.87. The van der Waals surface area contributed by atoms with Gasteiger partial charge in [0, 0.05) is 5.39 Å². The molecule has 0 aliphatic carbocycles. The Morgan fingerprint density at radius 2 is 1.77 bits per heavy atom. The highest BCUT2D eigenvalue weighted by Gasteiger charge is 2.10. The molecule has 5 nitrogen and oxygen atoms in total. The molecule has 2 aromatic carbocycles. The van der Waals surface area contributed by atoms with E-state index in [1.807, 2.05) is 42.5 Å². The molecule has 1 aromatic heterocycles. The second-order valence-electron chi connectivity index (χ2n) is 4.55. The first-order chi connectivity index (χ1) is 10.7. The van der Waals surface area contributed by atoms with Crippen LogP contribution in [0.15, 0.2) is 54.6 Å². The summed E-state index contributed by atoms with van der Waals surface area (Å²) in [6, 6.07) is 16.7. The van der Waals surface area contributed by atoms with Crippen molar-refractivity contribution in [2.45, 2.75) is 6.61 Å². The van der Waals surface area contributed by atoms with Gasteiger partial charge >= 0.3 is 6.09 Å². The van der Waals surface area contributed by atoms with Crippen LogP contribution in [0.2, 0.25) is 5.28 Å². The molecule has 110 valence electrons. The van der Waals surface area contributed by atoms with Crippen LogP contribution in [0.3, 0.4) is 0 Å². The predicted molar refractivity (Wildman–Crippen MR) is 84.8 cm³/mol. The van der Waals surface area contributed by atoms with Gasteiger partial charge in [0.2, 0.25) is 5.28 Å². The molecule has 0 aliphatic heterocycles. The molecule has 1 heterocycles. The molecule has 6 heteroatoms. The number of nitrogens with zero attached hydrogens (tertiary/aromatic N) is 2. The zero-order valence-electron chi connectivity index (χ0n) is 11.5. The highest BCUT2D eigenvalue weighted by molar-refractivity contribution is 6.29. The van der Waals surface area contributed by atoms with E-state index in [1.165, 1.54) is 0 Å². The summed E-state index contributed by atoms with van der Waals surface area (Å²) in [6.07, 6.45) is -0.594. The Hall–Kier alpha value is -2.66. The summed E-state index contributed by atoms with van der Waals surface area (Å²) in [6.45, 7) is 0.184. The van der Waals surface area contributed by atoms with Crippen LogP contribution in [0.1, 0.15) is 5.56 Å². The molecule has 0 unspecified atom stereocenters. The molecule has 0 radical (unpaired) electrons. The highest BCUT2D eigenvalue weighted by atomic mass is 35.5.